The Morgan fingerprint density at radius 2 is 1.20 bits per heavy atom. The molecule has 1 aliphatic rings. The molecule has 0 aromatic carbocycles. The zero-order chi connectivity index (χ0) is 11.6. The van der Waals surface area contributed by atoms with Gasteiger partial charge in [0.2, 0.25) is 0 Å². The van der Waals surface area contributed by atoms with Gasteiger partial charge in [-0.05, 0) is 0 Å². The van der Waals surface area contributed by atoms with Crippen LogP contribution in [0.2, 0.25) is 8.87 Å². The molecular weight excluding hydrogens is 291 g/mol. The molecule has 0 amide bonds. The van der Waals surface area contributed by atoms with Gasteiger partial charge < -0.3 is 0 Å². The first-order chi connectivity index (χ1) is 6.99. The molecular formula is C12H28N2Sn. The van der Waals surface area contributed by atoms with Gasteiger partial charge in [-0.1, -0.05) is 0 Å². The van der Waals surface area contributed by atoms with E-state index in [9.17, 15) is 0 Å². The van der Waals surface area contributed by atoms with Gasteiger partial charge in [0.1, 0.15) is 0 Å². The Kier molecular flexibility index (Phi) is 4.93. The quantitative estimate of drug-likeness (QED) is 0.735. The molecule has 2 nitrogen and oxygen atoms in total. The van der Waals surface area contributed by atoms with Crippen LogP contribution in [0.3, 0.4) is 0 Å². The molecule has 0 spiro atoms. The van der Waals surface area contributed by atoms with Crippen LogP contribution in [0.4, 0.5) is 0 Å². The minimum atomic E-state index is -2.13. The van der Waals surface area contributed by atoms with Gasteiger partial charge in [-0.2, -0.15) is 0 Å². The van der Waals surface area contributed by atoms with Crippen LogP contribution in [0.25, 0.3) is 0 Å². The van der Waals surface area contributed by atoms with E-state index in [0.29, 0.717) is 0 Å². The molecule has 3 heteroatoms. The molecule has 0 aromatic heterocycles. The van der Waals surface area contributed by atoms with Gasteiger partial charge in [-0.25, -0.2) is 0 Å². The van der Waals surface area contributed by atoms with E-state index in [2.05, 4.69) is 47.8 Å². The van der Waals surface area contributed by atoms with Crippen molar-refractivity contribution in [3.05, 3.63) is 0 Å². The fourth-order valence-electron chi connectivity index (χ4n) is 3.34. The molecule has 1 fully saturated rings. The molecule has 0 unspecified atom stereocenters. The first-order valence-electron chi connectivity index (χ1n) is 6.53. The maximum atomic E-state index is 2.90. The van der Waals surface area contributed by atoms with Crippen molar-refractivity contribution in [2.45, 2.75) is 62.5 Å². The van der Waals surface area contributed by atoms with Crippen LogP contribution in [0.1, 0.15) is 41.5 Å². The molecule has 0 bridgehead atoms. The number of hydrogen-bond donors (Lipinski definition) is 0. The van der Waals surface area contributed by atoms with E-state index < -0.39 is 18.9 Å². The van der Waals surface area contributed by atoms with Crippen LogP contribution in [-0.2, 0) is 0 Å². The Hall–Kier alpha value is 0.719. The van der Waals surface area contributed by atoms with E-state index in [1.807, 2.05) is 0 Å². The number of hydrogen-bond acceptors (Lipinski definition) is 2. The summed E-state index contributed by atoms with van der Waals surface area (Å²) in [5, 5.41) is 0. The maximum absolute atomic E-state index is 2.90. The molecule has 1 rings (SSSR count). The van der Waals surface area contributed by atoms with E-state index in [1.54, 1.807) is 0 Å². The predicted molar refractivity (Wildman–Crippen MR) is 70.4 cm³/mol. The molecule has 0 radical (unpaired) electrons. The fraction of sp³-hybridized carbons (Fsp3) is 1.00. The molecule has 1 heterocycles. The van der Waals surface area contributed by atoms with E-state index in [0.717, 1.165) is 12.1 Å². The van der Waals surface area contributed by atoms with E-state index in [-0.39, 0.29) is 0 Å². The Bertz CT molecular complexity index is 182. The molecule has 1 saturated heterocycles. The van der Waals surface area contributed by atoms with Gasteiger partial charge in [0.25, 0.3) is 0 Å². The van der Waals surface area contributed by atoms with Crippen LogP contribution in [0.5, 0.6) is 0 Å². The summed E-state index contributed by atoms with van der Waals surface area (Å²) >= 11 is -2.13. The third-order valence-corrected chi connectivity index (χ3v) is 20.8. The summed E-state index contributed by atoms with van der Waals surface area (Å²) in [5.74, 6) is 0. The first-order valence-corrected chi connectivity index (χ1v) is 13.1. The second-order valence-corrected chi connectivity index (χ2v) is 18.2. The van der Waals surface area contributed by atoms with Crippen molar-refractivity contribution in [2.75, 3.05) is 13.1 Å². The summed E-state index contributed by atoms with van der Waals surface area (Å²) in [6.45, 7) is 17.0. The van der Waals surface area contributed by atoms with Gasteiger partial charge in [-0.3, -0.25) is 0 Å². The normalized spacial score (nSPS) is 23.2. The second kappa shape index (κ2) is 5.37. The Morgan fingerprint density at radius 1 is 0.867 bits per heavy atom. The van der Waals surface area contributed by atoms with Crippen LogP contribution in [-0.4, -0.2) is 50.3 Å². The Balaban J connectivity index is 2.96. The second-order valence-electron chi connectivity index (χ2n) is 5.26. The van der Waals surface area contributed by atoms with E-state index in [1.165, 1.54) is 22.0 Å². The van der Waals surface area contributed by atoms with Crippen LogP contribution in [0.15, 0.2) is 0 Å². The molecule has 0 aromatic rings. The van der Waals surface area contributed by atoms with Crippen molar-refractivity contribution in [1.29, 1.82) is 0 Å². The molecule has 0 N–H and O–H groups in total. The fourth-order valence-corrected chi connectivity index (χ4v) is 18.8. The van der Waals surface area contributed by atoms with Gasteiger partial charge in [0, 0.05) is 0 Å². The van der Waals surface area contributed by atoms with E-state index >= 15 is 0 Å². The molecule has 15 heavy (non-hydrogen) atoms. The van der Waals surface area contributed by atoms with Crippen molar-refractivity contribution in [2.24, 2.45) is 0 Å². The standard InChI is InChI=1S/C8H18N2.2C2H5.Sn/c1-7(2)9-5-6-10-8(3)4;2*1-2;/h7-8H,5-6H2,1-4H3;2*1H2,2H3;/q-2;;;+2. The summed E-state index contributed by atoms with van der Waals surface area (Å²) in [6.07, 6.45) is 0. The van der Waals surface area contributed by atoms with Crippen LogP contribution < -0.4 is 0 Å². The summed E-state index contributed by atoms with van der Waals surface area (Å²) in [6, 6.07) is 1.51. The summed E-state index contributed by atoms with van der Waals surface area (Å²) in [4.78, 5) is 0. The zero-order valence-corrected chi connectivity index (χ0v) is 14.2. The van der Waals surface area contributed by atoms with Gasteiger partial charge >= 0.3 is 101 Å². The predicted octanol–water partition coefficient (Wildman–Crippen LogP) is 2.90. The van der Waals surface area contributed by atoms with Crippen LogP contribution in [0, 0.1) is 0 Å². The topological polar surface area (TPSA) is 6.48 Å². The van der Waals surface area contributed by atoms with Crippen molar-refractivity contribution in [3.63, 3.8) is 0 Å². The molecule has 0 atom stereocenters. The third-order valence-electron chi connectivity index (χ3n) is 4.03. The zero-order valence-electron chi connectivity index (χ0n) is 11.4. The van der Waals surface area contributed by atoms with Crippen molar-refractivity contribution in [1.82, 2.24) is 6.24 Å². The van der Waals surface area contributed by atoms with Crippen molar-refractivity contribution in [3.8, 4) is 0 Å². The minimum absolute atomic E-state index is 0.754. The molecule has 90 valence electrons. The van der Waals surface area contributed by atoms with Gasteiger partial charge in [0.05, 0.1) is 0 Å². The Labute approximate surface area is 101 Å². The molecule has 0 aliphatic carbocycles. The van der Waals surface area contributed by atoms with Crippen LogP contribution >= 0.6 is 0 Å². The number of rotatable bonds is 4. The first kappa shape index (κ1) is 13.8. The monoisotopic (exact) mass is 320 g/mol. The Morgan fingerprint density at radius 3 is 1.40 bits per heavy atom. The average molecular weight is 319 g/mol. The third kappa shape index (κ3) is 2.37. The summed E-state index contributed by atoms with van der Waals surface area (Å²) < 4.78 is 8.69. The molecule has 0 saturated carbocycles. The van der Waals surface area contributed by atoms with Crippen molar-refractivity contribution < 1.29 is 0 Å². The van der Waals surface area contributed by atoms with Crippen molar-refractivity contribution >= 4 is 18.9 Å². The molecule has 1 aliphatic heterocycles. The summed E-state index contributed by atoms with van der Waals surface area (Å²) in [7, 11) is 0. The number of nitrogens with zero attached hydrogens (tertiary/aromatic N) is 2. The SMILES string of the molecule is C[CH2][Sn]1([CH2]C)[N](C(C)C)CC[N]1C(C)C. The van der Waals surface area contributed by atoms with E-state index in [4.69, 9.17) is 0 Å². The van der Waals surface area contributed by atoms with Gasteiger partial charge in [0.15, 0.2) is 0 Å². The summed E-state index contributed by atoms with van der Waals surface area (Å²) in [5.41, 5.74) is 0. The van der Waals surface area contributed by atoms with Gasteiger partial charge in [-0.15, -0.1) is 0 Å². The average Bonchev–Trinajstić information content (AvgIpc) is 2.57.